The van der Waals surface area contributed by atoms with Gasteiger partial charge in [0.05, 0.1) is 17.7 Å². The molecule has 8 N–H and O–H groups in total. The summed E-state index contributed by atoms with van der Waals surface area (Å²) >= 11 is 0. The number of ether oxygens (including phenoxy) is 1. The summed E-state index contributed by atoms with van der Waals surface area (Å²) in [6.07, 6.45) is -8.60. The molecule has 4 rings (SSSR count). The molecule has 1 heterocycles. The van der Waals surface area contributed by atoms with E-state index in [4.69, 9.17) is 4.74 Å². The predicted molar refractivity (Wildman–Crippen MR) is 109 cm³/mol. The Kier molecular flexibility index (Phi) is 5.58. The van der Waals surface area contributed by atoms with E-state index in [1.54, 1.807) is 0 Å². The van der Waals surface area contributed by atoms with Gasteiger partial charge in [-0.2, -0.15) is 0 Å². The van der Waals surface area contributed by atoms with Crippen LogP contribution in [0.1, 0.15) is 59.4 Å². The highest BCUT2D eigenvalue weighted by Gasteiger charge is 2.47. The number of fused-ring (bicyclic) bond motifs is 2. The summed E-state index contributed by atoms with van der Waals surface area (Å²) in [5.74, 6) is -5.97. The third-order valence-electron chi connectivity index (χ3n) is 6.21. The number of carbonyl (C=O) groups is 3. The summed E-state index contributed by atoms with van der Waals surface area (Å²) in [7, 11) is 0. The lowest BCUT2D eigenvalue weighted by Gasteiger charge is -2.40. The van der Waals surface area contributed by atoms with Gasteiger partial charge in [-0.3, -0.25) is 9.59 Å². The molecule has 0 amide bonds. The normalized spacial score (nSPS) is 26.2. The minimum atomic E-state index is -1.91. The number of benzene rings is 2. The number of ketones is 2. The SMILES string of the molecule is Cc1c(C(=O)O)c(O)cc2c1C(=O)c1c(cc(O)c([C@@H]3OC(CO)[C@@H](O)C(O)[C@@H]3O)c1O)C2=O. The Morgan fingerprint density at radius 3 is 2.09 bits per heavy atom. The number of aromatic carboxylic acids is 1. The summed E-state index contributed by atoms with van der Waals surface area (Å²) < 4.78 is 5.35. The van der Waals surface area contributed by atoms with Gasteiger partial charge in [-0.1, -0.05) is 0 Å². The van der Waals surface area contributed by atoms with Crippen LogP contribution in [0.3, 0.4) is 0 Å². The Bertz CT molecular complexity index is 1250. The van der Waals surface area contributed by atoms with Crippen molar-refractivity contribution < 1.29 is 60.0 Å². The molecule has 1 saturated heterocycles. The minimum Gasteiger partial charge on any atom is -0.507 e. The topological polar surface area (TPSA) is 222 Å². The molecule has 12 nitrogen and oxygen atoms in total. The first-order valence-corrected chi connectivity index (χ1v) is 10.0. The van der Waals surface area contributed by atoms with Gasteiger partial charge in [0.1, 0.15) is 53.3 Å². The molecule has 2 aromatic rings. The number of carboxylic acid groups (broad SMARTS) is 1. The van der Waals surface area contributed by atoms with Crippen LogP contribution in [0.4, 0.5) is 0 Å². The Balaban J connectivity index is 1.93. The number of phenolic OH excluding ortho intramolecular Hbond substituents is 2. The summed E-state index contributed by atoms with van der Waals surface area (Å²) in [5.41, 5.74) is -3.22. The van der Waals surface area contributed by atoms with Gasteiger partial charge < -0.3 is 45.6 Å². The molecule has 0 saturated carbocycles. The van der Waals surface area contributed by atoms with Gasteiger partial charge >= 0.3 is 5.97 Å². The average molecular weight is 476 g/mol. The van der Waals surface area contributed by atoms with Crippen molar-refractivity contribution in [3.8, 4) is 17.2 Å². The fourth-order valence-corrected chi connectivity index (χ4v) is 4.51. The van der Waals surface area contributed by atoms with Crippen molar-refractivity contribution in [3.05, 3.63) is 51.1 Å². The van der Waals surface area contributed by atoms with E-state index in [9.17, 15) is 55.2 Å². The highest BCUT2D eigenvalue weighted by atomic mass is 16.5. The van der Waals surface area contributed by atoms with Crippen LogP contribution in [0, 0.1) is 6.92 Å². The van der Waals surface area contributed by atoms with E-state index in [1.807, 2.05) is 0 Å². The number of aromatic hydroxyl groups is 3. The number of hydrogen-bond acceptors (Lipinski definition) is 11. The number of phenols is 3. The molecule has 2 aliphatic rings. The number of carbonyl (C=O) groups excluding carboxylic acids is 2. The van der Waals surface area contributed by atoms with Gasteiger partial charge in [0.15, 0.2) is 11.6 Å². The zero-order chi connectivity index (χ0) is 25.2. The molecule has 1 aliphatic carbocycles. The highest BCUT2D eigenvalue weighted by molar-refractivity contribution is 6.30. The highest BCUT2D eigenvalue weighted by Crippen LogP contribution is 2.47. The van der Waals surface area contributed by atoms with Crippen LogP contribution in [0.25, 0.3) is 0 Å². The van der Waals surface area contributed by atoms with E-state index in [0.717, 1.165) is 12.1 Å². The van der Waals surface area contributed by atoms with E-state index in [2.05, 4.69) is 0 Å². The van der Waals surface area contributed by atoms with Crippen LogP contribution in [-0.4, -0.2) is 89.4 Å². The second-order valence-electron chi connectivity index (χ2n) is 8.11. The van der Waals surface area contributed by atoms with E-state index in [0.29, 0.717) is 0 Å². The van der Waals surface area contributed by atoms with E-state index in [1.165, 1.54) is 6.92 Å². The first kappa shape index (κ1) is 23.6. The van der Waals surface area contributed by atoms with Crippen LogP contribution >= 0.6 is 0 Å². The van der Waals surface area contributed by atoms with Crippen molar-refractivity contribution in [2.75, 3.05) is 6.61 Å². The standard InChI is InChI=1S/C22H20O12/c1-5-11-6(2-8(24)12(5)22(32)33)15(26)7-3-9(25)14(18(29)13(7)17(11)28)21-20(31)19(30)16(27)10(4-23)34-21/h2-3,10,16,19-21,23-25,27,29-31H,4H2,1H3,(H,32,33)/t10?,16-,19?,20+,21+/m1/s1. The number of carboxylic acids is 1. The fourth-order valence-electron chi connectivity index (χ4n) is 4.51. The van der Waals surface area contributed by atoms with Crippen LogP contribution in [0.5, 0.6) is 17.2 Å². The quantitative estimate of drug-likeness (QED) is 0.230. The molecular weight excluding hydrogens is 456 g/mol. The number of hydrogen-bond donors (Lipinski definition) is 8. The summed E-state index contributed by atoms with van der Waals surface area (Å²) in [6.45, 7) is 0.410. The maximum Gasteiger partial charge on any atom is 0.339 e. The average Bonchev–Trinajstić information content (AvgIpc) is 2.76. The van der Waals surface area contributed by atoms with Gasteiger partial charge in [0, 0.05) is 16.7 Å². The van der Waals surface area contributed by atoms with Gasteiger partial charge in [-0.15, -0.1) is 0 Å². The van der Waals surface area contributed by atoms with Gasteiger partial charge in [-0.05, 0) is 24.6 Å². The molecule has 180 valence electrons. The second-order valence-corrected chi connectivity index (χ2v) is 8.11. The van der Waals surface area contributed by atoms with Crippen molar-refractivity contribution in [2.45, 2.75) is 37.4 Å². The zero-order valence-electron chi connectivity index (χ0n) is 17.5. The Hall–Kier alpha value is -3.55. The summed E-state index contributed by atoms with van der Waals surface area (Å²) in [5, 5.41) is 80.8. The van der Waals surface area contributed by atoms with Crippen molar-refractivity contribution in [3.63, 3.8) is 0 Å². The van der Waals surface area contributed by atoms with Crippen molar-refractivity contribution in [2.24, 2.45) is 0 Å². The Morgan fingerprint density at radius 1 is 0.912 bits per heavy atom. The summed E-state index contributed by atoms with van der Waals surface area (Å²) in [6, 6.07) is 1.64. The van der Waals surface area contributed by atoms with E-state index >= 15 is 0 Å². The molecule has 2 aromatic carbocycles. The molecule has 34 heavy (non-hydrogen) atoms. The van der Waals surface area contributed by atoms with Crippen LogP contribution in [-0.2, 0) is 4.74 Å². The lowest BCUT2D eigenvalue weighted by atomic mass is 9.78. The maximum atomic E-state index is 13.3. The molecular formula is C22H20O12. The molecule has 1 aliphatic heterocycles. The lowest BCUT2D eigenvalue weighted by molar-refractivity contribution is -0.232. The molecule has 0 aromatic heterocycles. The monoisotopic (exact) mass is 476 g/mol. The molecule has 0 spiro atoms. The van der Waals surface area contributed by atoms with Crippen LogP contribution in [0.15, 0.2) is 12.1 Å². The van der Waals surface area contributed by atoms with E-state index < -0.39 is 94.2 Å². The molecule has 2 unspecified atom stereocenters. The van der Waals surface area contributed by atoms with Crippen molar-refractivity contribution in [1.82, 2.24) is 0 Å². The smallest absolute Gasteiger partial charge is 0.339 e. The number of aliphatic hydroxyl groups excluding tert-OH is 4. The third kappa shape index (κ3) is 3.15. The minimum absolute atomic E-state index is 0.228. The predicted octanol–water partition coefficient (Wildman–Crippen LogP) is -0.900. The summed E-state index contributed by atoms with van der Waals surface area (Å²) in [4.78, 5) is 38.0. The third-order valence-corrected chi connectivity index (χ3v) is 6.21. The first-order chi connectivity index (χ1) is 15.9. The Morgan fingerprint density at radius 2 is 1.50 bits per heavy atom. The second kappa shape index (κ2) is 8.04. The van der Waals surface area contributed by atoms with Crippen molar-refractivity contribution >= 4 is 17.5 Å². The van der Waals surface area contributed by atoms with Crippen LogP contribution in [0.2, 0.25) is 0 Å². The Labute approximate surface area is 190 Å². The van der Waals surface area contributed by atoms with Gasteiger partial charge in [0.25, 0.3) is 0 Å². The van der Waals surface area contributed by atoms with E-state index in [-0.39, 0.29) is 16.7 Å². The number of rotatable bonds is 3. The van der Waals surface area contributed by atoms with Crippen LogP contribution < -0.4 is 0 Å². The molecule has 0 radical (unpaired) electrons. The molecule has 12 heteroatoms. The molecule has 1 fully saturated rings. The van der Waals surface area contributed by atoms with Gasteiger partial charge in [0.2, 0.25) is 0 Å². The number of aliphatic hydroxyl groups is 4. The first-order valence-electron chi connectivity index (χ1n) is 10.0. The lowest BCUT2D eigenvalue weighted by Crippen LogP contribution is -2.55. The zero-order valence-corrected chi connectivity index (χ0v) is 17.5. The largest absolute Gasteiger partial charge is 0.507 e. The fraction of sp³-hybridized carbons (Fsp3) is 0.318. The van der Waals surface area contributed by atoms with Crippen molar-refractivity contribution in [1.29, 1.82) is 0 Å². The maximum absolute atomic E-state index is 13.3. The molecule has 5 atom stereocenters. The molecule has 0 bridgehead atoms. The van der Waals surface area contributed by atoms with Gasteiger partial charge in [-0.25, -0.2) is 4.79 Å².